The van der Waals surface area contributed by atoms with Crippen LogP contribution in [0.15, 0.2) is 54.7 Å². The topological polar surface area (TPSA) is 80.1 Å². The summed E-state index contributed by atoms with van der Waals surface area (Å²) in [6, 6.07) is 15.2. The van der Waals surface area contributed by atoms with Gasteiger partial charge in [0, 0.05) is 35.8 Å². The van der Waals surface area contributed by atoms with Crippen LogP contribution in [0.2, 0.25) is 0 Å². The van der Waals surface area contributed by atoms with Crippen molar-refractivity contribution in [1.82, 2.24) is 10.3 Å². The Balaban J connectivity index is 1.74. The summed E-state index contributed by atoms with van der Waals surface area (Å²) in [5.74, 6) is -0.268. The number of hydrogen-bond acceptors (Lipinski definition) is 4. The van der Waals surface area contributed by atoms with Gasteiger partial charge in [0.05, 0.1) is 7.11 Å². The van der Waals surface area contributed by atoms with E-state index in [0.717, 1.165) is 27.7 Å². The smallest absolute Gasteiger partial charge is 0.323 e. The van der Waals surface area contributed by atoms with Crippen molar-refractivity contribution in [2.45, 2.75) is 19.0 Å². The maximum Gasteiger partial charge on any atom is 0.323 e. The van der Waals surface area contributed by atoms with Crippen molar-refractivity contribution in [3.8, 4) is 0 Å². The Morgan fingerprint density at radius 2 is 1.96 bits per heavy atom. The lowest BCUT2D eigenvalue weighted by molar-refractivity contribution is -0.143. The van der Waals surface area contributed by atoms with Crippen LogP contribution in [0.3, 0.4) is 0 Å². The highest BCUT2D eigenvalue weighted by atomic mass is 16.5. The number of carbonyl (C=O) groups excluding carboxylic acids is 1. The summed E-state index contributed by atoms with van der Waals surface area (Å²) < 4.78 is 4.95. The number of nitrogen functional groups attached to an aromatic ring is 1. The zero-order chi connectivity index (χ0) is 16.9. The number of benzene rings is 2. The quantitative estimate of drug-likeness (QED) is 0.481. The minimum Gasteiger partial charge on any atom is -0.468 e. The number of H-pyrrole nitrogens is 1. The van der Waals surface area contributed by atoms with E-state index in [9.17, 15) is 4.79 Å². The van der Waals surface area contributed by atoms with E-state index in [1.54, 1.807) is 0 Å². The summed E-state index contributed by atoms with van der Waals surface area (Å²) in [6.45, 7) is 0.572. The minimum atomic E-state index is -0.410. The summed E-state index contributed by atoms with van der Waals surface area (Å²) in [4.78, 5) is 15.4. The van der Waals surface area contributed by atoms with E-state index in [4.69, 9.17) is 10.5 Å². The Labute approximate surface area is 140 Å². The van der Waals surface area contributed by atoms with E-state index < -0.39 is 6.04 Å². The molecule has 3 rings (SSSR count). The molecule has 4 N–H and O–H groups in total. The molecule has 0 amide bonds. The molecular formula is C19H21N3O2. The largest absolute Gasteiger partial charge is 0.468 e. The fraction of sp³-hybridized carbons (Fsp3) is 0.211. The van der Waals surface area contributed by atoms with Crippen LogP contribution < -0.4 is 11.1 Å². The van der Waals surface area contributed by atoms with Gasteiger partial charge in [-0.3, -0.25) is 4.79 Å². The molecule has 0 aliphatic heterocycles. The number of aromatic nitrogens is 1. The van der Waals surface area contributed by atoms with Crippen molar-refractivity contribution in [3.63, 3.8) is 0 Å². The highest BCUT2D eigenvalue weighted by Crippen LogP contribution is 2.19. The summed E-state index contributed by atoms with van der Waals surface area (Å²) in [5.41, 5.74) is 9.64. The summed E-state index contributed by atoms with van der Waals surface area (Å²) in [5, 5.41) is 4.41. The van der Waals surface area contributed by atoms with Crippen LogP contribution in [0.25, 0.3) is 10.9 Å². The van der Waals surface area contributed by atoms with Gasteiger partial charge in [-0.25, -0.2) is 0 Å². The number of anilines is 1. The number of rotatable bonds is 6. The molecule has 1 aromatic heterocycles. The van der Waals surface area contributed by atoms with Crippen molar-refractivity contribution in [1.29, 1.82) is 0 Å². The van der Waals surface area contributed by atoms with Crippen molar-refractivity contribution in [2.24, 2.45) is 0 Å². The van der Waals surface area contributed by atoms with E-state index in [0.29, 0.717) is 13.0 Å². The van der Waals surface area contributed by atoms with Gasteiger partial charge in [0.15, 0.2) is 0 Å². The van der Waals surface area contributed by atoms with Gasteiger partial charge in [0.1, 0.15) is 6.04 Å². The normalized spacial score (nSPS) is 12.2. The molecule has 24 heavy (non-hydrogen) atoms. The fourth-order valence-electron chi connectivity index (χ4n) is 2.78. The number of nitrogens with two attached hydrogens (primary N) is 1. The molecule has 0 saturated carbocycles. The number of hydrogen-bond donors (Lipinski definition) is 3. The van der Waals surface area contributed by atoms with Crippen LogP contribution in [0, 0.1) is 0 Å². The standard InChI is InChI=1S/C19H21N3O2/c1-24-19(23)18(21-11-13-6-8-15(20)9-7-13)10-14-12-22-17-5-3-2-4-16(14)17/h2-9,12,18,21-22H,10-11,20H2,1H3/t18-/m1/s1. The zero-order valence-corrected chi connectivity index (χ0v) is 13.6. The van der Waals surface area contributed by atoms with Crippen molar-refractivity contribution >= 4 is 22.6 Å². The number of nitrogens with one attached hydrogen (secondary N) is 2. The monoisotopic (exact) mass is 323 g/mol. The molecule has 0 bridgehead atoms. The molecule has 1 heterocycles. The zero-order valence-electron chi connectivity index (χ0n) is 13.6. The minimum absolute atomic E-state index is 0.268. The van der Waals surface area contributed by atoms with Crippen LogP contribution >= 0.6 is 0 Å². The van der Waals surface area contributed by atoms with Crippen molar-refractivity contribution < 1.29 is 9.53 Å². The number of aromatic amines is 1. The van der Waals surface area contributed by atoms with Crippen LogP contribution in [0.1, 0.15) is 11.1 Å². The van der Waals surface area contributed by atoms with Crippen LogP contribution in [-0.2, 0) is 22.5 Å². The SMILES string of the molecule is COC(=O)[C@@H](Cc1c[nH]c2ccccc12)NCc1ccc(N)cc1. The molecule has 0 radical (unpaired) electrons. The van der Waals surface area contributed by atoms with Gasteiger partial charge in [-0.1, -0.05) is 30.3 Å². The third-order valence-corrected chi connectivity index (χ3v) is 4.12. The first-order valence-corrected chi connectivity index (χ1v) is 7.88. The first kappa shape index (κ1) is 16.1. The van der Waals surface area contributed by atoms with E-state index in [2.05, 4.69) is 16.4 Å². The molecule has 3 aromatic rings. The number of para-hydroxylation sites is 1. The van der Waals surface area contributed by atoms with Crippen molar-refractivity contribution in [3.05, 3.63) is 65.9 Å². The molecule has 0 fully saturated rings. The molecular weight excluding hydrogens is 302 g/mol. The van der Waals surface area contributed by atoms with Gasteiger partial charge in [-0.05, 0) is 29.3 Å². The Morgan fingerprint density at radius 1 is 1.21 bits per heavy atom. The van der Waals surface area contributed by atoms with Gasteiger partial charge in [0.25, 0.3) is 0 Å². The molecule has 0 saturated heterocycles. The van der Waals surface area contributed by atoms with Gasteiger partial charge in [-0.15, -0.1) is 0 Å². The number of carbonyl (C=O) groups is 1. The van der Waals surface area contributed by atoms with E-state index in [1.165, 1.54) is 7.11 Å². The molecule has 5 nitrogen and oxygen atoms in total. The van der Waals surface area contributed by atoms with Gasteiger partial charge in [-0.2, -0.15) is 0 Å². The Bertz CT molecular complexity index is 824. The predicted molar refractivity (Wildman–Crippen MR) is 95.5 cm³/mol. The van der Waals surface area contributed by atoms with E-state index >= 15 is 0 Å². The second-order valence-corrected chi connectivity index (χ2v) is 5.76. The Kier molecular flexibility index (Phi) is 4.82. The fourth-order valence-corrected chi connectivity index (χ4v) is 2.78. The predicted octanol–water partition coefficient (Wildman–Crippen LogP) is 2.62. The molecule has 0 aliphatic rings. The number of esters is 1. The first-order valence-electron chi connectivity index (χ1n) is 7.88. The molecule has 5 heteroatoms. The van der Waals surface area contributed by atoms with E-state index in [1.807, 2.05) is 48.7 Å². The number of methoxy groups -OCH3 is 1. The maximum absolute atomic E-state index is 12.1. The maximum atomic E-state index is 12.1. The Morgan fingerprint density at radius 3 is 2.71 bits per heavy atom. The lowest BCUT2D eigenvalue weighted by atomic mass is 10.0. The average molecular weight is 323 g/mol. The molecule has 0 spiro atoms. The number of ether oxygens (including phenoxy) is 1. The first-order chi connectivity index (χ1) is 11.7. The third-order valence-electron chi connectivity index (χ3n) is 4.12. The average Bonchev–Trinajstić information content (AvgIpc) is 3.02. The molecule has 0 aliphatic carbocycles. The highest BCUT2D eigenvalue weighted by Gasteiger charge is 2.20. The van der Waals surface area contributed by atoms with E-state index in [-0.39, 0.29) is 5.97 Å². The summed E-state index contributed by atoms with van der Waals surface area (Å²) >= 11 is 0. The van der Waals surface area contributed by atoms with Crippen molar-refractivity contribution in [2.75, 3.05) is 12.8 Å². The van der Waals surface area contributed by atoms with Gasteiger partial charge in [0.2, 0.25) is 0 Å². The van der Waals surface area contributed by atoms with Gasteiger partial charge >= 0.3 is 5.97 Å². The van der Waals surface area contributed by atoms with Crippen LogP contribution in [0.5, 0.6) is 0 Å². The lowest BCUT2D eigenvalue weighted by Crippen LogP contribution is -2.39. The highest BCUT2D eigenvalue weighted by molar-refractivity contribution is 5.84. The molecule has 124 valence electrons. The molecule has 2 aromatic carbocycles. The summed E-state index contributed by atoms with van der Waals surface area (Å²) in [6.07, 6.45) is 2.51. The Hall–Kier alpha value is -2.79. The lowest BCUT2D eigenvalue weighted by Gasteiger charge is -2.16. The second kappa shape index (κ2) is 7.19. The second-order valence-electron chi connectivity index (χ2n) is 5.76. The third kappa shape index (κ3) is 3.58. The van der Waals surface area contributed by atoms with Crippen LogP contribution in [-0.4, -0.2) is 24.1 Å². The summed E-state index contributed by atoms with van der Waals surface area (Å²) in [7, 11) is 1.41. The number of fused-ring (bicyclic) bond motifs is 1. The molecule has 0 unspecified atom stereocenters. The molecule has 1 atom stereocenters. The van der Waals surface area contributed by atoms with Crippen LogP contribution in [0.4, 0.5) is 5.69 Å². The van der Waals surface area contributed by atoms with Gasteiger partial charge < -0.3 is 20.8 Å².